The number of urea groups is 1. The maximum absolute atomic E-state index is 12.8. The molecule has 0 aliphatic carbocycles. The second-order valence-electron chi connectivity index (χ2n) is 5.74. The molecule has 3 amide bonds. The van der Waals surface area contributed by atoms with Crippen LogP contribution in [0.4, 0.5) is 23.7 Å². The minimum atomic E-state index is -4.56. The number of anilines is 1. The van der Waals surface area contributed by atoms with Crippen LogP contribution in [-0.4, -0.2) is 35.9 Å². The van der Waals surface area contributed by atoms with Crippen LogP contribution in [0.1, 0.15) is 21.6 Å². The zero-order valence-electron chi connectivity index (χ0n) is 14.4. The Morgan fingerprint density at radius 3 is 2.52 bits per heavy atom. The van der Waals surface area contributed by atoms with E-state index in [4.69, 9.17) is 11.6 Å². The molecule has 0 aliphatic rings. The molecule has 6 nitrogen and oxygen atoms in total. The highest BCUT2D eigenvalue weighted by Crippen LogP contribution is 2.33. The molecular weight excluding hydrogens is 385 g/mol. The summed E-state index contributed by atoms with van der Waals surface area (Å²) >= 11 is 5.88. The molecule has 2 N–H and O–H groups in total. The molecular formula is C17H16ClF3N4O2. The van der Waals surface area contributed by atoms with Gasteiger partial charge in [-0.25, -0.2) is 4.79 Å². The van der Waals surface area contributed by atoms with E-state index in [0.717, 1.165) is 18.2 Å². The van der Waals surface area contributed by atoms with Crippen molar-refractivity contribution in [3.05, 3.63) is 58.4 Å². The number of amides is 3. The molecule has 2 aromatic rings. The van der Waals surface area contributed by atoms with Gasteiger partial charge in [0.2, 0.25) is 0 Å². The van der Waals surface area contributed by atoms with E-state index in [-0.39, 0.29) is 28.8 Å². The lowest BCUT2D eigenvalue weighted by atomic mass is 10.1. The Labute approximate surface area is 158 Å². The average molecular weight is 401 g/mol. The molecule has 144 valence electrons. The van der Waals surface area contributed by atoms with Crippen molar-refractivity contribution in [2.75, 3.05) is 19.4 Å². The summed E-state index contributed by atoms with van der Waals surface area (Å²) in [6.45, 7) is 0.0858. The fourth-order valence-corrected chi connectivity index (χ4v) is 2.20. The number of halogens is 4. The van der Waals surface area contributed by atoms with E-state index in [1.165, 1.54) is 23.2 Å². The molecule has 0 atom stereocenters. The first kappa shape index (κ1) is 20.5. The lowest BCUT2D eigenvalue weighted by Gasteiger charge is -2.13. The molecule has 1 heterocycles. The number of rotatable bonds is 4. The molecule has 0 radical (unpaired) electrons. The third kappa shape index (κ3) is 5.58. The maximum atomic E-state index is 12.8. The van der Waals surface area contributed by atoms with Crippen LogP contribution in [-0.2, 0) is 12.7 Å². The van der Waals surface area contributed by atoms with Crippen LogP contribution in [0.5, 0.6) is 0 Å². The molecule has 2 rings (SSSR count). The zero-order chi connectivity index (χ0) is 20.2. The Balaban J connectivity index is 2.15. The number of nitrogens with one attached hydrogen (secondary N) is 2. The fourth-order valence-electron chi connectivity index (χ4n) is 2.03. The number of carbonyl (C=O) groups excluding carboxylic acids is 2. The van der Waals surface area contributed by atoms with Crippen LogP contribution >= 0.6 is 11.6 Å². The van der Waals surface area contributed by atoms with Gasteiger partial charge in [-0.2, -0.15) is 13.2 Å². The monoisotopic (exact) mass is 400 g/mol. The van der Waals surface area contributed by atoms with Gasteiger partial charge in [0, 0.05) is 25.9 Å². The number of hydrogen-bond acceptors (Lipinski definition) is 3. The lowest BCUT2D eigenvalue weighted by Crippen LogP contribution is -2.34. The van der Waals surface area contributed by atoms with Crippen molar-refractivity contribution < 1.29 is 22.8 Å². The van der Waals surface area contributed by atoms with Crippen molar-refractivity contribution in [1.82, 2.24) is 15.2 Å². The van der Waals surface area contributed by atoms with Crippen molar-refractivity contribution in [3.8, 4) is 0 Å². The van der Waals surface area contributed by atoms with E-state index >= 15 is 0 Å². The minimum absolute atomic E-state index is 0.0242. The normalized spacial score (nSPS) is 11.0. The summed E-state index contributed by atoms with van der Waals surface area (Å²) in [5.74, 6) is -0.654. The molecule has 1 aromatic heterocycles. The number of nitrogens with zero attached hydrogens (tertiary/aromatic N) is 2. The van der Waals surface area contributed by atoms with E-state index in [1.54, 1.807) is 14.1 Å². The van der Waals surface area contributed by atoms with E-state index in [0.29, 0.717) is 5.69 Å². The molecule has 0 spiro atoms. The molecule has 0 saturated heterocycles. The highest BCUT2D eigenvalue weighted by atomic mass is 35.5. The standard InChI is InChI=1S/C17H16ClF3N4O2/c1-25(2)16(27)23-9-12-7-10(5-6-22-12)15(26)24-14-8-11(17(19,20)21)3-4-13(14)18/h3-8H,9H2,1-2H3,(H,23,27)(H,24,26). The second kappa shape index (κ2) is 8.26. The highest BCUT2D eigenvalue weighted by Gasteiger charge is 2.31. The van der Waals surface area contributed by atoms with Crippen LogP contribution in [0.3, 0.4) is 0 Å². The first-order valence-corrected chi connectivity index (χ1v) is 8.04. The predicted octanol–water partition coefficient (Wildman–Crippen LogP) is 3.78. The van der Waals surface area contributed by atoms with Gasteiger partial charge in [-0.05, 0) is 30.3 Å². The summed E-state index contributed by atoms with van der Waals surface area (Å²) in [6.07, 6.45) is -3.20. The third-order valence-corrected chi connectivity index (χ3v) is 3.78. The first-order valence-electron chi connectivity index (χ1n) is 7.66. The zero-order valence-corrected chi connectivity index (χ0v) is 15.1. The largest absolute Gasteiger partial charge is 0.416 e. The second-order valence-corrected chi connectivity index (χ2v) is 6.14. The van der Waals surface area contributed by atoms with Gasteiger partial charge in [0.1, 0.15) is 0 Å². The quantitative estimate of drug-likeness (QED) is 0.820. The Bertz CT molecular complexity index is 856. The summed E-state index contributed by atoms with van der Waals surface area (Å²) in [7, 11) is 3.15. The van der Waals surface area contributed by atoms with Gasteiger partial charge in [0.05, 0.1) is 28.5 Å². The molecule has 0 bridgehead atoms. The van der Waals surface area contributed by atoms with Gasteiger partial charge in [-0.15, -0.1) is 0 Å². The summed E-state index contributed by atoms with van der Waals surface area (Å²) < 4.78 is 38.5. The van der Waals surface area contributed by atoms with Crippen molar-refractivity contribution in [2.45, 2.75) is 12.7 Å². The number of aromatic nitrogens is 1. The van der Waals surface area contributed by atoms with Crippen LogP contribution in [0.15, 0.2) is 36.5 Å². The topological polar surface area (TPSA) is 74.3 Å². The maximum Gasteiger partial charge on any atom is 0.416 e. The minimum Gasteiger partial charge on any atom is -0.332 e. The van der Waals surface area contributed by atoms with Crippen LogP contribution in [0.25, 0.3) is 0 Å². The molecule has 0 fully saturated rings. The number of alkyl halides is 3. The average Bonchev–Trinajstić information content (AvgIpc) is 2.60. The summed E-state index contributed by atoms with van der Waals surface area (Å²) in [4.78, 5) is 29.3. The van der Waals surface area contributed by atoms with E-state index in [9.17, 15) is 22.8 Å². The SMILES string of the molecule is CN(C)C(=O)NCc1cc(C(=O)Nc2cc(C(F)(F)F)ccc2Cl)ccn1. The van der Waals surface area contributed by atoms with E-state index in [1.807, 2.05) is 0 Å². The van der Waals surface area contributed by atoms with Gasteiger partial charge in [0.15, 0.2) is 0 Å². The van der Waals surface area contributed by atoms with Crippen LogP contribution in [0.2, 0.25) is 5.02 Å². The number of benzene rings is 1. The Morgan fingerprint density at radius 1 is 1.19 bits per heavy atom. The Hall–Kier alpha value is -2.81. The van der Waals surface area contributed by atoms with Gasteiger partial charge < -0.3 is 15.5 Å². The van der Waals surface area contributed by atoms with Crippen LogP contribution in [0, 0.1) is 0 Å². The molecule has 10 heteroatoms. The van der Waals surface area contributed by atoms with Gasteiger partial charge in [-0.3, -0.25) is 9.78 Å². The molecule has 1 aromatic carbocycles. The van der Waals surface area contributed by atoms with Gasteiger partial charge in [0.25, 0.3) is 5.91 Å². The number of hydrogen-bond donors (Lipinski definition) is 2. The molecule has 0 unspecified atom stereocenters. The van der Waals surface area contributed by atoms with Crippen molar-refractivity contribution >= 4 is 29.2 Å². The van der Waals surface area contributed by atoms with Crippen molar-refractivity contribution in [1.29, 1.82) is 0 Å². The van der Waals surface area contributed by atoms with Gasteiger partial charge in [-0.1, -0.05) is 11.6 Å². The Morgan fingerprint density at radius 2 is 1.89 bits per heavy atom. The van der Waals surface area contributed by atoms with E-state index < -0.39 is 17.6 Å². The lowest BCUT2D eigenvalue weighted by molar-refractivity contribution is -0.137. The first-order chi connectivity index (χ1) is 12.6. The summed E-state index contributed by atoms with van der Waals surface area (Å²) in [5.41, 5.74) is -0.514. The smallest absolute Gasteiger partial charge is 0.332 e. The highest BCUT2D eigenvalue weighted by molar-refractivity contribution is 6.34. The third-order valence-electron chi connectivity index (χ3n) is 3.45. The van der Waals surface area contributed by atoms with Crippen molar-refractivity contribution in [2.24, 2.45) is 0 Å². The predicted molar refractivity (Wildman–Crippen MR) is 94.6 cm³/mol. The summed E-state index contributed by atoms with van der Waals surface area (Å²) in [6, 6.07) is 5.15. The number of carbonyl (C=O) groups is 2. The molecule has 27 heavy (non-hydrogen) atoms. The molecule has 0 saturated carbocycles. The van der Waals surface area contributed by atoms with Crippen molar-refractivity contribution in [3.63, 3.8) is 0 Å². The Kier molecular flexibility index (Phi) is 6.27. The fraction of sp³-hybridized carbons (Fsp3) is 0.235. The van der Waals surface area contributed by atoms with E-state index in [2.05, 4.69) is 15.6 Å². The number of pyridine rings is 1. The van der Waals surface area contributed by atoms with Crippen LogP contribution < -0.4 is 10.6 Å². The van der Waals surface area contributed by atoms with Gasteiger partial charge >= 0.3 is 12.2 Å². The molecule has 0 aliphatic heterocycles. The summed E-state index contributed by atoms with van der Waals surface area (Å²) in [5, 5.41) is 4.92.